The summed E-state index contributed by atoms with van der Waals surface area (Å²) in [4.78, 5) is 21.3. The third-order valence-corrected chi connectivity index (χ3v) is 4.90. The number of nitrogens with zero attached hydrogens (tertiary/aromatic N) is 1. The molecule has 1 aromatic carbocycles. The zero-order valence-electron chi connectivity index (χ0n) is 11.1. The van der Waals surface area contributed by atoms with Crippen molar-refractivity contribution in [2.75, 3.05) is 6.61 Å². The normalized spacial score (nSPS) is 12.7. The van der Waals surface area contributed by atoms with Gasteiger partial charge < -0.3 is 4.74 Å². The summed E-state index contributed by atoms with van der Waals surface area (Å²) in [5.41, 5.74) is -0.546. The molecule has 0 fully saturated rings. The second-order valence-corrected chi connectivity index (χ2v) is 6.02. The summed E-state index contributed by atoms with van der Waals surface area (Å²) < 4.78 is 29.5. The first kappa shape index (κ1) is 16.1. The number of para-hydroxylation sites is 1. The number of esters is 1. The van der Waals surface area contributed by atoms with E-state index in [4.69, 9.17) is 4.74 Å². The highest BCUT2D eigenvalue weighted by Gasteiger charge is 2.37. The molecule has 0 aliphatic rings. The molecule has 0 saturated carbocycles. The van der Waals surface area contributed by atoms with E-state index in [-0.39, 0.29) is 13.0 Å². The van der Waals surface area contributed by atoms with Crippen molar-refractivity contribution in [1.29, 1.82) is 0 Å². The number of rotatable bonds is 6. The van der Waals surface area contributed by atoms with Crippen molar-refractivity contribution in [3.05, 3.63) is 34.4 Å². The number of benzene rings is 1. The maximum atomic E-state index is 12.4. The average molecular weight is 301 g/mol. The zero-order chi connectivity index (χ0) is 15.3. The Balaban J connectivity index is 3.35. The van der Waals surface area contributed by atoms with Crippen LogP contribution in [-0.2, 0) is 19.4 Å². The van der Waals surface area contributed by atoms with E-state index in [0.717, 1.165) is 12.1 Å². The van der Waals surface area contributed by atoms with Gasteiger partial charge in [-0.2, -0.15) is 0 Å². The van der Waals surface area contributed by atoms with Gasteiger partial charge in [0.25, 0.3) is 5.69 Å². The van der Waals surface area contributed by atoms with Gasteiger partial charge >= 0.3 is 5.97 Å². The monoisotopic (exact) mass is 301 g/mol. The minimum Gasteiger partial charge on any atom is -0.465 e. The van der Waals surface area contributed by atoms with Crippen molar-refractivity contribution in [1.82, 2.24) is 0 Å². The molecule has 0 saturated heterocycles. The Morgan fingerprint density at radius 2 is 1.95 bits per heavy atom. The van der Waals surface area contributed by atoms with E-state index in [9.17, 15) is 23.3 Å². The number of carbonyl (C=O) groups excluding carboxylic acids is 1. The third-order valence-electron chi connectivity index (χ3n) is 2.66. The number of sulfone groups is 1. The van der Waals surface area contributed by atoms with Crippen LogP contribution in [0.3, 0.4) is 0 Å². The van der Waals surface area contributed by atoms with E-state index in [1.165, 1.54) is 19.1 Å². The highest BCUT2D eigenvalue weighted by Crippen LogP contribution is 2.28. The van der Waals surface area contributed by atoms with E-state index in [1.54, 1.807) is 6.92 Å². The van der Waals surface area contributed by atoms with Crippen LogP contribution < -0.4 is 0 Å². The SMILES string of the molecule is CCOC(=O)C(CC)S(=O)(=O)c1ccccc1[N+](=O)[O-]. The Bertz CT molecular complexity index is 610. The summed E-state index contributed by atoms with van der Waals surface area (Å²) >= 11 is 0. The molecule has 1 aromatic rings. The van der Waals surface area contributed by atoms with Crippen molar-refractivity contribution in [3.63, 3.8) is 0 Å². The molecule has 0 aromatic heterocycles. The number of ether oxygens (including phenoxy) is 1. The highest BCUT2D eigenvalue weighted by molar-refractivity contribution is 7.93. The van der Waals surface area contributed by atoms with Crippen LogP contribution in [0.2, 0.25) is 0 Å². The van der Waals surface area contributed by atoms with E-state index >= 15 is 0 Å². The minimum absolute atomic E-state index is 0.0206. The molecular weight excluding hydrogens is 286 g/mol. The zero-order valence-corrected chi connectivity index (χ0v) is 11.9. The van der Waals surface area contributed by atoms with Crippen LogP contribution in [0.15, 0.2) is 29.2 Å². The first-order valence-corrected chi connectivity index (χ1v) is 7.54. The molecule has 20 heavy (non-hydrogen) atoms. The second kappa shape index (κ2) is 6.47. The lowest BCUT2D eigenvalue weighted by Gasteiger charge is -2.14. The maximum absolute atomic E-state index is 12.4. The molecule has 1 atom stereocenters. The number of hydrogen-bond donors (Lipinski definition) is 0. The van der Waals surface area contributed by atoms with Gasteiger partial charge in [-0.05, 0) is 19.4 Å². The topological polar surface area (TPSA) is 104 Å². The molecule has 0 aliphatic heterocycles. The first-order valence-electron chi connectivity index (χ1n) is 6.00. The summed E-state index contributed by atoms with van der Waals surface area (Å²) in [6.07, 6.45) is -0.0206. The van der Waals surface area contributed by atoms with Gasteiger partial charge in [0.2, 0.25) is 0 Å². The molecule has 8 heteroatoms. The lowest BCUT2D eigenvalue weighted by atomic mass is 10.3. The van der Waals surface area contributed by atoms with Crippen LogP contribution >= 0.6 is 0 Å². The smallest absolute Gasteiger partial charge is 0.324 e. The van der Waals surface area contributed by atoms with Crippen LogP contribution in [0.1, 0.15) is 20.3 Å². The number of hydrogen-bond acceptors (Lipinski definition) is 6. The van der Waals surface area contributed by atoms with Crippen LogP contribution in [0.5, 0.6) is 0 Å². The lowest BCUT2D eigenvalue weighted by Crippen LogP contribution is -2.32. The van der Waals surface area contributed by atoms with Crippen LogP contribution in [0, 0.1) is 10.1 Å². The summed E-state index contributed by atoms with van der Waals surface area (Å²) in [7, 11) is -4.16. The van der Waals surface area contributed by atoms with Gasteiger partial charge in [0.15, 0.2) is 15.1 Å². The average Bonchev–Trinajstić information content (AvgIpc) is 2.39. The van der Waals surface area contributed by atoms with Crippen molar-refractivity contribution >= 4 is 21.5 Å². The Labute approximate surface area is 116 Å². The van der Waals surface area contributed by atoms with Gasteiger partial charge in [-0.3, -0.25) is 14.9 Å². The van der Waals surface area contributed by atoms with Crippen molar-refractivity contribution in [3.8, 4) is 0 Å². The van der Waals surface area contributed by atoms with Gasteiger partial charge in [-0.25, -0.2) is 8.42 Å². The van der Waals surface area contributed by atoms with E-state index < -0.39 is 36.6 Å². The maximum Gasteiger partial charge on any atom is 0.324 e. The fourth-order valence-electron chi connectivity index (χ4n) is 1.75. The van der Waals surface area contributed by atoms with Crippen molar-refractivity contribution in [2.45, 2.75) is 30.4 Å². The minimum atomic E-state index is -4.16. The van der Waals surface area contributed by atoms with Gasteiger partial charge in [-0.15, -0.1) is 0 Å². The van der Waals surface area contributed by atoms with Crippen LogP contribution in [-0.4, -0.2) is 31.2 Å². The fraction of sp³-hybridized carbons (Fsp3) is 0.417. The van der Waals surface area contributed by atoms with E-state index in [2.05, 4.69) is 0 Å². The molecule has 0 amide bonds. The molecule has 0 spiro atoms. The molecule has 0 radical (unpaired) electrons. The molecule has 1 rings (SSSR count). The Kier molecular flexibility index (Phi) is 5.20. The summed E-state index contributed by atoms with van der Waals surface area (Å²) in [6.45, 7) is 3.11. The van der Waals surface area contributed by atoms with Gasteiger partial charge in [0.05, 0.1) is 11.5 Å². The Morgan fingerprint density at radius 1 is 1.35 bits per heavy atom. The molecule has 0 N–H and O–H groups in total. The van der Waals surface area contributed by atoms with Crippen molar-refractivity contribution in [2.24, 2.45) is 0 Å². The summed E-state index contributed by atoms with van der Waals surface area (Å²) in [5.74, 6) is -0.895. The predicted octanol–water partition coefficient (Wildman–Crippen LogP) is 1.71. The molecule has 0 heterocycles. The second-order valence-electron chi connectivity index (χ2n) is 3.92. The van der Waals surface area contributed by atoms with E-state index in [1.807, 2.05) is 0 Å². The largest absolute Gasteiger partial charge is 0.465 e. The molecule has 1 unspecified atom stereocenters. The van der Waals surface area contributed by atoms with Crippen molar-refractivity contribution < 1.29 is 22.9 Å². The fourth-order valence-corrected chi connectivity index (χ4v) is 3.52. The number of nitro benzene ring substituents is 1. The number of nitro groups is 1. The Hall–Kier alpha value is -1.96. The van der Waals surface area contributed by atoms with E-state index in [0.29, 0.717) is 0 Å². The molecule has 110 valence electrons. The molecule has 0 bridgehead atoms. The predicted molar refractivity (Wildman–Crippen MR) is 71.0 cm³/mol. The molecule has 7 nitrogen and oxygen atoms in total. The van der Waals surface area contributed by atoms with Crippen LogP contribution in [0.25, 0.3) is 0 Å². The summed E-state index contributed by atoms with van der Waals surface area (Å²) in [5, 5.41) is 9.46. The quantitative estimate of drug-likeness (QED) is 0.450. The summed E-state index contributed by atoms with van der Waals surface area (Å²) in [6, 6.07) is 4.94. The van der Waals surface area contributed by atoms with Gasteiger partial charge in [-0.1, -0.05) is 19.1 Å². The molecular formula is C12H15NO6S. The Morgan fingerprint density at radius 3 is 2.45 bits per heavy atom. The lowest BCUT2D eigenvalue weighted by molar-refractivity contribution is -0.387. The van der Waals surface area contributed by atoms with Crippen LogP contribution in [0.4, 0.5) is 5.69 Å². The molecule has 0 aliphatic carbocycles. The van der Waals surface area contributed by atoms with Gasteiger partial charge in [0.1, 0.15) is 4.90 Å². The standard InChI is InChI=1S/C12H15NO6S/c1-3-10(12(14)19-4-2)20(17,18)11-8-6-5-7-9(11)13(15)16/h5-8,10H,3-4H2,1-2H3. The third kappa shape index (κ3) is 3.13. The van der Waals surface area contributed by atoms with Gasteiger partial charge in [0, 0.05) is 6.07 Å². The first-order chi connectivity index (χ1) is 9.36. The highest BCUT2D eigenvalue weighted by atomic mass is 32.2. The number of carbonyl (C=O) groups is 1.